The first-order chi connectivity index (χ1) is 7.81. The second-order valence-electron chi connectivity index (χ2n) is 5.57. The molecule has 1 heteroatoms. The quantitative estimate of drug-likeness (QED) is 0.799. The van der Waals surface area contributed by atoms with Crippen LogP contribution in [0.25, 0.3) is 0 Å². The Hall–Kier alpha value is -0.820. The van der Waals surface area contributed by atoms with Crippen molar-refractivity contribution in [3.05, 3.63) is 35.4 Å². The third-order valence-corrected chi connectivity index (χ3v) is 4.68. The van der Waals surface area contributed by atoms with Crippen LogP contribution in [-0.2, 0) is 5.41 Å². The van der Waals surface area contributed by atoms with E-state index >= 15 is 0 Å². The molecule has 16 heavy (non-hydrogen) atoms. The van der Waals surface area contributed by atoms with Gasteiger partial charge in [0.1, 0.15) is 0 Å². The first-order valence-corrected chi connectivity index (χ1v) is 6.59. The molecule has 0 amide bonds. The summed E-state index contributed by atoms with van der Waals surface area (Å²) in [5, 5.41) is 3.53. The lowest BCUT2D eigenvalue weighted by atomic mass is 9.57. The summed E-state index contributed by atoms with van der Waals surface area (Å²) in [5.74, 6) is 0.878. The van der Waals surface area contributed by atoms with E-state index in [0.29, 0.717) is 5.41 Å². The molecule has 1 saturated heterocycles. The predicted octanol–water partition coefficient (Wildman–Crippen LogP) is 3.03. The van der Waals surface area contributed by atoms with E-state index in [2.05, 4.69) is 36.5 Å². The molecule has 1 aliphatic heterocycles. The summed E-state index contributed by atoms with van der Waals surface area (Å²) >= 11 is 0. The van der Waals surface area contributed by atoms with Crippen molar-refractivity contribution < 1.29 is 0 Å². The molecule has 1 heterocycles. The van der Waals surface area contributed by atoms with Gasteiger partial charge in [0.2, 0.25) is 0 Å². The van der Waals surface area contributed by atoms with E-state index in [-0.39, 0.29) is 0 Å². The predicted molar refractivity (Wildman–Crippen MR) is 67.7 cm³/mol. The molecule has 0 aromatic heterocycles. The van der Waals surface area contributed by atoms with Gasteiger partial charge in [-0.05, 0) is 56.2 Å². The fourth-order valence-corrected chi connectivity index (χ4v) is 3.57. The average molecular weight is 215 g/mol. The zero-order valence-corrected chi connectivity index (χ0v) is 10.1. The van der Waals surface area contributed by atoms with Gasteiger partial charge in [-0.25, -0.2) is 0 Å². The SMILES string of the molecule is Cc1cccc(C2(C3CCNC3)CCC2)c1. The standard InChI is InChI=1S/C15H21N/c1-12-4-2-5-13(10-12)15(7-3-8-15)14-6-9-16-11-14/h2,4-5,10,14,16H,3,6-9,11H2,1H3. The number of hydrogen-bond acceptors (Lipinski definition) is 1. The maximum Gasteiger partial charge on any atom is -0.000609 e. The largest absolute Gasteiger partial charge is 0.316 e. The third kappa shape index (κ3) is 1.49. The number of benzene rings is 1. The zero-order chi connectivity index (χ0) is 11.0. The minimum atomic E-state index is 0.523. The molecule has 0 bridgehead atoms. The summed E-state index contributed by atoms with van der Waals surface area (Å²) in [6.07, 6.45) is 5.60. The third-order valence-electron chi connectivity index (χ3n) is 4.68. The van der Waals surface area contributed by atoms with Gasteiger partial charge in [-0.3, -0.25) is 0 Å². The van der Waals surface area contributed by atoms with Crippen LogP contribution in [0.4, 0.5) is 0 Å². The topological polar surface area (TPSA) is 12.0 Å². The van der Waals surface area contributed by atoms with Crippen LogP contribution in [0.3, 0.4) is 0 Å². The van der Waals surface area contributed by atoms with E-state index in [9.17, 15) is 0 Å². The second kappa shape index (κ2) is 3.89. The van der Waals surface area contributed by atoms with Crippen LogP contribution in [0.15, 0.2) is 24.3 Å². The second-order valence-corrected chi connectivity index (χ2v) is 5.57. The number of aryl methyl sites for hydroxylation is 1. The fraction of sp³-hybridized carbons (Fsp3) is 0.600. The summed E-state index contributed by atoms with van der Waals surface area (Å²) < 4.78 is 0. The number of hydrogen-bond donors (Lipinski definition) is 1. The molecule has 1 aliphatic carbocycles. The van der Waals surface area contributed by atoms with Crippen molar-refractivity contribution in [3.8, 4) is 0 Å². The van der Waals surface area contributed by atoms with Crippen molar-refractivity contribution >= 4 is 0 Å². The molecular formula is C15H21N. The highest BCUT2D eigenvalue weighted by molar-refractivity contribution is 5.33. The molecule has 1 nitrogen and oxygen atoms in total. The molecule has 1 unspecified atom stereocenters. The van der Waals surface area contributed by atoms with Crippen LogP contribution in [-0.4, -0.2) is 13.1 Å². The Kier molecular flexibility index (Phi) is 2.51. The summed E-state index contributed by atoms with van der Waals surface area (Å²) in [6.45, 7) is 4.66. The van der Waals surface area contributed by atoms with Gasteiger partial charge in [0.15, 0.2) is 0 Å². The van der Waals surface area contributed by atoms with E-state index in [1.165, 1.54) is 44.3 Å². The van der Waals surface area contributed by atoms with Crippen molar-refractivity contribution in [2.45, 2.75) is 38.0 Å². The van der Waals surface area contributed by atoms with Crippen LogP contribution < -0.4 is 5.32 Å². The van der Waals surface area contributed by atoms with E-state index in [1.807, 2.05) is 0 Å². The van der Waals surface area contributed by atoms with Crippen molar-refractivity contribution in [2.24, 2.45) is 5.92 Å². The number of rotatable bonds is 2. The molecule has 1 saturated carbocycles. The molecule has 1 aromatic rings. The van der Waals surface area contributed by atoms with Crippen LogP contribution in [0, 0.1) is 12.8 Å². The normalized spacial score (nSPS) is 27.7. The van der Waals surface area contributed by atoms with Crippen molar-refractivity contribution in [2.75, 3.05) is 13.1 Å². The van der Waals surface area contributed by atoms with Gasteiger partial charge >= 0.3 is 0 Å². The zero-order valence-electron chi connectivity index (χ0n) is 10.1. The highest BCUT2D eigenvalue weighted by Crippen LogP contribution is 2.51. The summed E-state index contributed by atoms with van der Waals surface area (Å²) in [5.41, 5.74) is 3.54. The van der Waals surface area contributed by atoms with E-state index in [1.54, 1.807) is 5.56 Å². The first kappa shape index (κ1) is 10.3. The highest BCUT2D eigenvalue weighted by atomic mass is 14.9. The van der Waals surface area contributed by atoms with Crippen LogP contribution in [0.5, 0.6) is 0 Å². The maximum atomic E-state index is 3.53. The van der Waals surface area contributed by atoms with E-state index < -0.39 is 0 Å². The Morgan fingerprint density at radius 3 is 2.75 bits per heavy atom. The highest BCUT2D eigenvalue weighted by Gasteiger charge is 2.45. The molecule has 2 aliphatic rings. The summed E-state index contributed by atoms with van der Waals surface area (Å²) in [6, 6.07) is 9.21. The molecule has 0 spiro atoms. The van der Waals surface area contributed by atoms with Gasteiger partial charge in [0.05, 0.1) is 0 Å². The van der Waals surface area contributed by atoms with Crippen LogP contribution in [0.2, 0.25) is 0 Å². The molecule has 2 fully saturated rings. The lowest BCUT2D eigenvalue weighted by molar-refractivity contribution is 0.157. The Morgan fingerprint density at radius 1 is 1.31 bits per heavy atom. The minimum absolute atomic E-state index is 0.523. The van der Waals surface area contributed by atoms with Crippen molar-refractivity contribution in [1.82, 2.24) is 5.32 Å². The molecule has 1 N–H and O–H groups in total. The van der Waals surface area contributed by atoms with Crippen LogP contribution in [0.1, 0.15) is 36.8 Å². The molecule has 1 atom stereocenters. The lowest BCUT2D eigenvalue weighted by Crippen LogP contribution is -2.42. The minimum Gasteiger partial charge on any atom is -0.316 e. The molecule has 1 aromatic carbocycles. The average Bonchev–Trinajstić information content (AvgIpc) is 2.70. The van der Waals surface area contributed by atoms with E-state index in [4.69, 9.17) is 0 Å². The summed E-state index contributed by atoms with van der Waals surface area (Å²) in [4.78, 5) is 0. The van der Waals surface area contributed by atoms with Gasteiger partial charge in [0, 0.05) is 0 Å². The smallest absolute Gasteiger partial charge is 0.000609 e. The van der Waals surface area contributed by atoms with Crippen molar-refractivity contribution in [3.63, 3.8) is 0 Å². The Labute approximate surface area is 98.3 Å². The van der Waals surface area contributed by atoms with E-state index in [0.717, 1.165) is 5.92 Å². The summed E-state index contributed by atoms with van der Waals surface area (Å²) in [7, 11) is 0. The van der Waals surface area contributed by atoms with Gasteiger partial charge in [-0.15, -0.1) is 0 Å². The molecular weight excluding hydrogens is 194 g/mol. The van der Waals surface area contributed by atoms with Gasteiger partial charge in [-0.2, -0.15) is 0 Å². The lowest BCUT2D eigenvalue weighted by Gasteiger charge is -2.47. The molecule has 86 valence electrons. The Morgan fingerprint density at radius 2 is 2.19 bits per heavy atom. The van der Waals surface area contributed by atoms with Crippen LogP contribution >= 0.6 is 0 Å². The molecule has 3 rings (SSSR count). The van der Waals surface area contributed by atoms with Gasteiger partial charge in [0.25, 0.3) is 0 Å². The maximum absolute atomic E-state index is 3.53. The van der Waals surface area contributed by atoms with Crippen molar-refractivity contribution in [1.29, 1.82) is 0 Å². The first-order valence-electron chi connectivity index (χ1n) is 6.59. The molecule has 0 radical (unpaired) electrons. The Balaban J connectivity index is 1.94. The van der Waals surface area contributed by atoms with Gasteiger partial charge < -0.3 is 5.32 Å². The monoisotopic (exact) mass is 215 g/mol. The van der Waals surface area contributed by atoms with Gasteiger partial charge in [-0.1, -0.05) is 36.2 Å². The Bertz CT molecular complexity index is 373. The fourth-order valence-electron chi connectivity index (χ4n) is 3.57. The number of nitrogens with one attached hydrogen (secondary N) is 1.